The van der Waals surface area contributed by atoms with Crippen molar-refractivity contribution in [2.24, 2.45) is 0 Å². The van der Waals surface area contributed by atoms with Gasteiger partial charge in [-0.1, -0.05) is 53.7 Å². The highest BCUT2D eigenvalue weighted by Gasteiger charge is 2.27. The summed E-state index contributed by atoms with van der Waals surface area (Å²) in [7, 11) is 0. The number of hydrogen-bond acceptors (Lipinski definition) is 2. The van der Waals surface area contributed by atoms with Gasteiger partial charge in [-0.15, -0.1) is 0 Å². The maximum Gasteiger partial charge on any atom is 0.123 e. The molecule has 2 heteroatoms. The molecule has 0 aromatic heterocycles. The molecule has 0 unspecified atom stereocenters. The first-order chi connectivity index (χ1) is 8.09. The van der Waals surface area contributed by atoms with Crippen LogP contribution in [-0.2, 0) is 17.3 Å². The molecule has 1 N–H and O–H groups in total. The van der Waals surface area contributed by atoms with Crippen molar-refractivity contribution in [3.05, 3.63) is 28.8 Å². The van der Waals surface area contributed by atoms with Crippen LogP contribution < -0.4 is 0 Å². The van der Waals surface area contributed by atoms with E-state index < -0.39 is 0 Å². The zero-order valence-electron chi connectivity index (χ0n) is 12.3. The van der Waals surface area contributed by atoms with E-state index in [4.69, 9.17) is 5.26 Å². The quantitative estimate of drug-likeness (QED) is 0.811. The summed E-state index contributed by atoms with van der Waals surface area (Å²) in [6, 6.07) is 6.09. The van der Waals surface area contributed by atoms with Crippen LogP contribution in [0.25, 0.3) is 0 Å². The Labute approximate surface area is 110 Å². The van der Waals surface area contributed by atoms with Crippen LogP contribution in [-0.4, -0.2) is 5.11 Å². The van der Waals surface area contributed by atoms with Crippen molar-refractivity contribution < 1.29 is 5.11 Å². The topological polar surface area (TPSA) is 44.0 Å². The first kappa shape index (κ1) is 14.6. The third kappa shape index (κ3) is 2.85. The minimum atomic E-state index is -0.169. The summed E-state index contributed by atoms with van der Waals surface area (Å²) < 4.78 is 0. The van der Waals surface area contributed by atoms with Gasteiger partial charge in [0.2, 0.25) is 0 Å². The van der Waals surface area contributed by atoms with E-state index >= 15 is 0 Å². The summed E-state index contributed by atoms with van der Waals surface area (Å²) in [6.45, 7) is 12.4. The van der Waals surface area contributed by atoms with Crippen molar-refractivity contribution in [1.82, 2.24) is 0 Å². The zero-order chi connectivity index (χ0) is 14.1. The first-order valence-corrected chi connectivity index (χ1v) is 6.32. The Morgan fingerprint density at radius 1 is 1.06 bits per heavy atom. The predicted molar refractivity (Wildman–Crippen MR) is 74.8 cm³/mol. The Balaban J connectivity index is 3.57. The molecule has 18 heavy (non-hydrogen) atoms. The minimum Gasteiger partial charge on any atom is -0.507 e. The fourth-order valence-corrected chi connectivity index (χ4v) is 2.31. The molecule has 0 aliphatic carbocycles. The molecule has 0 saturated carbocycles. The van der Waals surface area contributed by atoms with E-state index in [1.165, 1.54) is 0 Å². The normalized spacial score (nSPS) is 12.3. The Kier molecular flexibility index (Phi) is 3.76. The largest absolute Gasteiger partial charge is 0.507 e. The molecule has 0 saturated heterocycles. The van der Waals surface area contributed by atoms with Gasteiger partial charge in [0.15, 0.2) is 0 Å². The van der Waals surface area contributed by atoms with Gasteiger partial charge in [0.05, 0.1) is 12.5 Å². The summed E-state index contributed by atoms with van der Waals surface area (Å²) in [6.07, 6.45) is 0.338. The lowest BCUT2D eigenvalue weighted by atomic mass is 9.77. The fourth-order valence-electron chi connectivity index (χ4n) is 2.31. The second kappa shape index (κ2) is 4.65. The van der Waals surface area contributed by atoms with E-state index in [0.29, 0.717) is 12.2 Å². The van der Waals surface area contributed by atoms with Gasteiger partial charge in [-0.25, -0.2) is 0 Å². The molecule has 0 atom stereocenters. The van der Waals surface area contributed by atoms with Gasteiger partial charge >= 0.3 is 0 Å². The number of aromatic hydroxyl groups is 1. The summed E-state index contributed by atoms with van der Waals surface area (Å²) in [5, 5.41) is 19.5. The van der Waals surface area contributed by atoms with E-state index in [0.717, 1.165) is 16.7 Å². The number of rotatable bonds is 1. The lowest BCUT2D eigenvalue weighted by Gasteiger charge is -2.29. The van der Waals surface area contributed by atoms with Crippen LogP contribution in [0.5, 0.6) is 5.75 Å². The number of phenols is 1. The maximum atomic E-state index is 10.6. The number of benzene rings is 1. The number of nitriles is 1. The van der Waals surface area contributed by atoms with Gasteiger partial charge in [-0.2, -0.15) is 5.26 Å². The molecule has 0 bridgehead atoms. The van der Waals surface area contributed by atoms with E-state index in [9.17, 15) is 5.11 Å². The molecule has 0 amide bonds. The van der Waals surface area contributed by atoms with E-state index in [2.05, 4.69) is 47.6 Å². The van der Waals surface area contributed by atoms with Gasteiger partial charge in [-0.3, -0.25) is 0 Å². The van der Waals surface area contributed by atoms with Crippen LogP contribution in [0.3, 0.4) is 0 Å². The van der Waals surface area contributed by atoms with Gasteiger partial charge in [0.25, 0.3) is 0 Å². The average Bonchev–Trinajstić information content (AvgIpc) is 2.13. The first-order valence-electron chi connectivity index (χ1n) is 6.32. The van der Waals surface area contributed by atoms with Crippen molar-refractivity contribution in [1.29, 1.82) is 5.26 Å². The number of hydrogen-bond donors (Lipinski definition) is 1. The lowest BCUT2D eigenvalue weighted by molar-refractivity contribution is 0.421. The maximum absolute atomic E-state index is 10.6. The van der Waals surface area contributed by atoms with Crippen LogP contribution >= 0.6 is 0 Å². The summed E-state index contributed by atoms with van der Waals surface area (Å²) in [4.78, 5) is 0. The molecule has 1 rings (SSSR count). The van der Waals surface area contributed by atoms with Crippen LogP contribution in [0.1, 0.15) is 58.2 Å². The molecule has 0 heterocycles. The van der Waals surface area contributed by atoms with Gasteiger partial charge in [0, 0.05) is 5.56 Å². The summed E-state index contributed by atoms with van der Waals surface area (Å²) >= 11 is 0. The molecule has 0 radical (unpaired) electrons. The monoisotopic (exact) mass is 245 g/mol. The Bertz CT molecular complexity index is 482. The van der Waals surface area contributed by atoms with Crippen molar-refractivity contribution in [3.63, 3.8) is 0 Å². The highest BCUT2D eigenvalue weighted by molar-refractivity contribution is 5.52. The summed E-state index contributed by atoms with van der Waals surface area (Å²) in [5.41, 5.74) is 2.49. The van der Waals surface area contributed by atoms with Crippen molar-refractivity contribution in [2.45, 2.75) is 58.8 Å². The van der Waals surface area contributed by atoms with Gasteiger partial charge < -0.3 is 5.11 Å². The Morgan fingerprint density at radius 2 is 1.61 bits per heavy atom. The standard InChI is InChI=1S/C16H23NO/c1-15(2,3)12-8-7-11(9-10-17)13(14(12)18)16(4,5)6/h7-8,18H,9H2,1-6H3. The molecule has 1 aromatic rings. The SMILES string of the molecule is CC(C)(C)c1ccc(CC#N)c(C(C)(C)C)c1O. The molecule has 0 fully saturated rings. The average molecular weight is 245 g/mol. The van der Waals surface area contributed by atoms with Crippen molar-refractivity contribution >= 4 is 0 Å². The Hall–Kier alpha value is -1.49. The van der Waals surface area contributed by atoms with E-state index in [-0.39, 0.29) is 10.8 Å². The van der Waals surface area contributed by atoms with Crippen molar-refractivity contribution in [3.8, 4) is 11.8 Å². The Morgan fingerprint density at radius 3 is 2.00 bits per heavy atom. The fraction of sp³-hybridized carbons (Fsp3) is 0.562. The molecule has 98 valence electrons. The van der Waals surface area contributed by atoms with E-state index in [1.54, 1.807) is 0 Å². The number of nitrogens with zero attached hydrogens (tertiary/aromatic N) is 1. The third-order valence-corrected chi connectivity index (χ3v) is 3.09. The highest BCUT2D eigenvalue weighted by Crippen LogP contribution is 2.40. The molecule has 0 spiro atoms. The lowest BCUT2D eigenvalue weighted by Crippen LogP contribution is -2.19. The number of phenolic OH excluding ortho intramolecular Hbond substituents is 1. The van der Waals surface area contributed by atoms with Crippen LogP contribution in [0.2, 0.25) is 0 Å². The highest BCUT2D eigenvalue weighted by atomic mass is 16.3. The van der Waals surface area contributed by atoms with Gasteiger partial charge in [0.1, 0.15) is 5.75 Å². The minimum absolute atomic E-state index is 0.102. The summed E-state index contributed by atoms with van der Waals surface area (Å²) in [5.74, 6) is 0.350. The predicted octanol–water partition coefficient (Wildman–Crippen LogP) is 4.05. The molecule has 0 aliphatic heterocycles. The molecular formula is C16H23NO. The van der Waals surface area contributed by atoms with Crippen LogP contribution in [0.15, 0.2) is 12.1 Å². The molecular weight excluding hydrogens is 222 g/mol. The zero-order valence-corrected chi connectivity index (χ0v) is 12.3. The second-order valence-electron chi connectivity index (χ2n) is 6.83. The third-order valence-electron chi connectivity index (χ3n) is 3.09. The van der Waals surface area contributed by atoms with Crippen LogP contribution in [0.4, 0.5) is 0 Å². The molecule has 0 aliphatic rings. The van der Waals surface area contributed by atoms with Crippen molar-refractivity contribution in [2.75, 3.05) is 0 Å². The van der Waals surface area contributed by atoms with Crippen LogP contribution in [0, 0.1) is 11.3 Å². The van der Waals surface area contributed by atoms with E-state index in [1.807, 2.05) is 12.1 Å². The van der Waals surface area contributed by atoms with Gasteiger partial charge in [-0.05, 0) is 22.0 Å². The molecule has 1 aromatic carbocycles. The smallest absolute Gasteiger partial charge is 0.123 e. The molecule has 2 nitrogen and oxygen atoms in total. The second-order valence-corrected chi connectivity index (χ2v) is 6.83.